The summed E-state index contributed by atoms with van der Waals surface area (Å²) >= 11 is 1.58. The lowest BCUT2D eigenvalue weighted by atomic mass is 10.2. The van der Waals surface area contributed by atoms with Gasteiger partial charge in [0, 0.05) is 23.7 Å². The number of nitrogens with two attached hydrogens (primary N) is 1. The molecule has 0 fully saturated rings. The molecule has 0 amide bonds. The summed E-state index contributed by atoms with van der Waals surface area (Å²) in [6.45, 7) is 5.77. The number of nitrogen functional groups attached to an aromatic ring is 1. The minimum Gasteiger partial charge on any atom is -0.488 e. The molecular weight excluding hydrogens is 289 g/mol. The van der Waals surface area contributed by atoms with E-state index in [-0.39, 0.29) is 17.9 Å². The number of rotatable bonds is 6. The molecule has 1 heterocycles. The van der Waals surface area contributed by atoms with Crippen LogP contribution in [0.5, 0.6) is 5.75 Å². The van der Waals surface area contributed by atoms with Crippen LogP contribution in [0.15, 0.2) is 23.7 Å². The highest BCUT2D eigenvalue weighted by Gasteiger charge is 2.16. The molecule has 0 aliphatic heterocycles. The molecule has 4 nitrogen and oxygen atoms in total. The molecule has 114 valence electrons. The summed E-state index contributed by atoms with van der Waals surface area (Å²) in [7, 11) is 0. The van der Waals surface area contributed by atoms with E-state index >= 15 is 0 Å². The van der Waals surface area contributed by atoms with Gasteiger partial charge in [-0.25, -0.2) is 9.37 Å². The lowest BCUT2D eigenvalue weighted by Gasteiger charge is -2.19. The largest absolute Gasteiger partial charge is 0.488 e. The summed E-state index contributed by atoms with van der Waals surface area (Å²) in [6.07, 6.45) is 2.52. The standard InChI is InChI=1S/C15H20FN3OS/c1-4-12(15-18-5-6-21-15)19-13-8-14(20-9(2)3)10(16)7-11(13)17/h5-9,12,19H,4,17H2,1-3H3. The first kappa shape index (κ1) is 15.6. The van der Waals surface area contributed by atoms with Crippen molar-refractivity contribution in [2.24, 2.45) is 0 Å². The summed E-state index contributed by atoms with van der Waals surface area (Å²) in [4.78, 5) is 4.31. The Kier molecular flexibility index (Phi) is 5.01. The van der Waals surface area contributed by atoms with Gasteiger partial charge in [0.25, 0.3) is 0 Å². The van der Waals surface area contributed by atoms with E-state index in [1.54, 1.807) is 23.6 Å². The molecule has 1 unspecified atom stereocenters. The van der Waals surface area contributed by atoms with Crippen LogP contribution in [-0.4, -0.2) is 11.1 Å². The molecule has 0 spiro atoms. The number of thiazole rings is 1. The second-order valence-electron chi connectivity index (χ2n) is 5.01. The number of hydrogen-bond donors (Lipinski definition) is 2. The van der Waals surface area contributed by atoms with Crippen LogP contribution in [0.2, 0.25) is 0 Å². The molecule has 2 aromatic rings. The number of nitrogens with one attached hydrogen (secondary N) is 1. The van der Waals surface area contributed by atoms with Crippen LogP contribution in [0, 0.1) is 5.82 Å². The van der Waals surface area contributed by atoms with Gasteiger partial charge in [0.05, 0.1) is 23.5 Å². The topological polar surface area (TPSA) is 60.2 Å². The fourth-order valence-electron chi connectivity index (χ4n) is 1.97. The number of ether oxygens (including phenoxy) is 1. The van der Waals surface area contributed by atoms with Crippen molar-refractivity contribution in [3.8, 4) is 5.75 Å². The molecule has 1 aromatic carbocycles. The summed E-state index contributed by atoms with van der Waals surface area (Å²) in [5, 5.41) is 6.23. The van der Waals surface area contributed by atoms with Crippen molar-refractivity contribution >= 4 is 22.7 Å². The Bertz CT molecular complexity index is 587. The zero-order valence-corrected chi connectivity index (χ0v) is 13.2. The number of anilines is 2. The average molecular weight is 309 g/mol. The number of halogens is 1. The van der Waals surface area contributed by atoms with Crippen LogP contribution in [-0.2, 0) is 0 Å². The third kappa shape index (κ3) is 3.85. The molecule has 2 rings (SSSR count). The second kappa shape index (κ2) is 6.76. The smallest absolute Gasteiger partial charge is 0.167 e. The summed E-state index contributed by atoms with van der Waals surface area (Å²) < 4.78 is 19.3. The van der Waals surface area contributed by atoms with Crippen molar-refractivity contribution in [3.05, 3.63) is 34.5 Å². The minimum atomic E-state index is -0.450. The first-order valence-electron chi connectivity index (χ1n) is 6.92. The van der Waals surface area contributed by atoms with Gasteiger partial charge in [-0.15, -0.1) is 11.3 Å². The highest BCUT2D eigenvalue weighted by Crippen LogP contribution is 2.32. The van der Waals surface area contributed by atoms with Crippen LogP contribution >= 0.6 is 11.3 Å². The van der Waals surface area contributed by atoms with Crippen molar-refractivity contribution in [1.29, 1.82) is 0 Å². The Morgan fingerprint density at radius 2 is 2.19 bits per heavy atom. The fraction of sp³-hybridized carbons (Fsp3) is 0.400. The normalized spacial score (nSPS) is 12.4. The lowest BCUT2D eigenvalue weighted by Crippen LogP contribution is -2.12. The first-order chi connectivity index (χ1) is 10.0. The predicted molar refractivity (Wildman–Crippen MR) is 85.3 cm³/mol. The molecule has 6 heteroatoms. The van der Waals surface area contributed by atoms with Gasteiger partial charge in [-0.3, -0.25) is 0 Å². The number of aromatic nitrogens is 1. The van der Waals surface area contributed by atoms with Crippen LogP contribution in [0.1, 0.15) is 38.2 Å². The van der Waals surface area contributed by atoms with Gasteiger partial charge < -0.3 is 15.8 Å². The SMILES string of the molecule is CCC(Nc1cc(OC(C)C)c(F)cc1N)c1nccs1. The van der Waals surface area contributed by atoms with Gasteiger partial charge in [0.1, 0.15) is 5.01 Å². The van der Waals surface area contributed by atoms with Crippen molar-refractivity contribution in [3.63, 3.8) is 0 Å². The average Bonchev–Trinajstić information content (AvgIpc) is 2.94. The van der Waals surface area contributed by atoms with Gasteiger partial charge in [-0.1, -0.05) is 6.92 Å². The molecule has 0 radical (unpaired) electrons. The number of nitrogens with zero attached hydrogens (tertiary/aromatic N) is 1. The maximum Gasteiger partial charge on any atom is 0.167 e. The van der Waals surface area contributed by atoms with Crippen LogP contribution in [0.25, 0.3) is 0 Å². The Balaban J connectivity index is 2.26. The van der Waals surface area contributed by atoms with E-state index in [9.17, 15) is 4.39 Å². The third-order valence-electron chi connectivity index (χ3n) is 2.95. The maximum atomic E-state index is 13.8. The summed E-state index contributed by atoms with van der Waals surface area (Å²) in [6, 6.07) is 2.94. The summed E-state index contributed by atoms with van der Waals surface area (Å²) in [5.74, 6) is -0.246. The van der Waals surface area contributed by atoms with E-state index in [1.807, 2.05) is 19.2 Å². The second-order valence-corrected chi connectivity index (χ2v) is 5.94. The van der Waals surface area contributed by atoms with Crippen LogP contribution in [0.3, 0.4) is 0 Å². The monoisotopic (exact) mass is 309 g/mol. The highest BCUT2D eigenvalue weighted by molar-refractivity contribution is 7.09. The van der Waals surface area contributed by atoms with Crippen molar-refractivity contribution in [2.45, 2.75) is 39.3 Å². The van der Waals surface area contributed by atoms with Crippen molar-refractivity contribution in [1.82, 2.24) is 4.98 Å². The minimum absolute atomic E-state index is 0.0460. The van der Waals surface area contributed by atoms with Crippen molar-refractivity contribution < 1.29 is 9.13 Å². The van der Waals surface area contributed by atoms with E-state index in [0.717, 1.165) is 11.4 Å². The Labute approximate surface area is 128 Å². The lowest BCUT2D eigenvalue weighted by molar-refractivity contribution is 0.231. The Hall–Kier alpha value is -1.82. The molecule has 21 heavy (non-hydrogen) atoms. The van der Waals surface area contributed by atoms with E-state index in [0.29, 0.717) is 11.4 Å². The Morgan fingerprint density at radius 1 is 1.43 bits per heavy atom. The van der Waals surface area contributed by atoms with Crippen LogP contribution < -0.4 is 15.8 Å². The van der Waals surface area contributed by atoms with E-state index in [1.165, 1.54) is 6.07 Å². The zero-order chi connectivity index (χ0) is 15.4. The fourth-order valence-corrected chi connectivity index (χ4v) is 2.74. The molecule has 1 aromatic heterocycles. The zero-order valence-electron chi connectivity index (χ0n) is 12.4. The molecule has 3 N–H and O–H groups in total. The molecule has 0 aliphatic rings. The van der Waals surface area contributed by atoms with Gasteiger partial charge >= 0.3 is 0 Å². The molecular formula is C15H20FN3OS. The maximum absolute atomic E-state index is 13.8. The quantitative estimate of drug-likeness (QED) is 0.785. The van der Waals surface area contributed by atoms with E-state index < -0.39 is 5.82 Å². The Morgan fingerprint density at radius 3 is 2.76 bits per heavy atom. The van der Waals surface area contributed by atoms with Crippen molar-refractivity contribution in [2.75, 3.05) is 11.1 Å². The van der Waals surface area contributed by atoms with Gasteiger partial charge in [0.2, 0.25) is 0 Å². The summed E-state index contributed by atoms with van der Waals surface area (Å²) in [5.41, 5.74) is 6.92. The highest BCUT2D eigenvalue weighted by atomic mass is 32.1. The van der Waals surface area contributed by atoms with Gasteiger partial charge in [-0.05, 0) is 20.3 Å². The first-order valence-corrected chi connectivity index (χ1v) is 7.80. The van der Waals surface area contributed by atoms with E-state index in [4.69, 9.17) is 10.5 Å². The molecule has 0 saturated carbocycles. The van der Waals surface area contributed by atoms with E-state index in [2.05, 4.69) is 17.2 Å². The molecule has 0 saturated heterocycles. The van der Waals surface area contributed by atoms with Crippen LogP contribution in [0.4, 0.5) is 15.8 Å². The molecule has 0 bridgehead atoms. The molecule has 1 atom stereocenters. The number of hydrogen-bond acceptors (Lipinski definition) is 5. The number of benzene rings is 1. The third-order valence-corrected chi connectivity index (χ3v) is 3.84. The predicted octanol–water partition coefficient (Wildman–Crippen LogP) is 4.21. The molecule has 0 aliphatic carbocycles. The van der Waals surface area contributed by atoms with Gasteiger partial charge in [0.15, 0.2) is 11.6 Å². The van der Waals surface area contributed by atoms with Gasteiger partial charge in [-0.2, -0.15) is 0 Å².